The molecule has 0 aliphatic heterocycles. The van der Waals surface area contributed by atoms with Gasteiger partial charge in [-0.1, -0.05) is 12.1 Å². The number of imidazole rings is 1. The van der Waals surface area contributed by atoms with E-state index in [2.05, 4.69) is 15.3 Å². The molecular weight excluding hydrogens is 254 g/mol. The fourth-order valence-corrected chi connectivity index (χ4v) is 2.06. The number of nitrogens with zero attached hydrogens (tertiary/aromatic N) is 1. The maximum absolute atomic E-state index is 10.9. The molecule has 3 aromatic rings. The van der Waals surface area contributed by atoms with Crippen LogP contribution in [0.3, 0.4) is 0 Å². The average Bonchev–Trinajstić information content (AvgIpc) is 2.93. The van der Waals surface area contributed by atoms with Crippen LogP contribution < -0.4 is 5.32 Å². The molecule has 0 unspecified atom stereocenters. The van der Waals surface area contributed by atoms with Gasteiger partial charge in [0.15, 0.2) is 0 Å². The zero-order valence-electron chi connectivity index (χ0n) is 10.6. The molecule has 100 valence electrons. The number of aromatic nitrogens is 2. The van der Waals surface area contributed by atoms with Crippen molar-refractivity contribution < 1.29 is 9.90 Å². The molecule has 0 radical (unpaired) electrons. The third kappa shape index (κ3) is 2.47. The quantitative estimate of drug-likeness (QED) is 0.679. The van der Waals surface area contributed by atoms with Crippen LogP contribution in [0.25, 0.3) is 11.0 Å². The normalized spacial score (nSPS) is 10.6. The summed E-state index contributed by atoms with van der Waals surface area (Å²) in [6.07, 6.45) is 1.66. The second-order valence-electron chi connectivity index (χ2n) is 4.49. The van der Waals surface area contributed by atoms with Gasteiger partial charge in [0.25, 0.3) is 0 Å². The molecule has 0 bridgehead atoms. The number of fused-ring (bicyclic) bond motifs is 1. The Balaban J connectivity index is 1.75. The van der Waals surface area contributed by atoms with Crippen molar-refractivity contribution in [3.63, 3.8) is 0 Å². The number of hydrogen-bond acceptors (Lipinski definition) is 3. The minimum absolute atomic E-state index is 0.299. The topological polar surface area (TPSA) is 78.0 Å². The number of H-pyrrole nitrogens is 1. The van der Waals surface area contributed by atoms with Gasteiger partial charge in [-0.3, -0.25) is 0 Å². The Bertz CT molecular complexity index is 764. The van der Waals surface area contributed by atoms with Crippen LogP contribution in [0.15, 0.2) is 48.8 Å². The molecule has 0 saturated carbocycles. The highest BCUT2D eigenvalue weighted by Crippen LogP contribution is 2.16. The van der Waals surface area contributed by atoms with E-state index in [4.69, 9.17) is 5.11 Å². The minimum atomic E-state index is -0.911. The second-order valence-corrected chi connectivity index (χ2v) is 4.49. The summed E-state index contributed by atoms with van der Waals surface area (Å²) in [5.74, 6) is -0.911. The monoisotopic (exact) mass is 267 g/mol. The third-order valence-corrected chi connectivity index (χ3v) is 3.09. The lowest BCUT2D eigenvalue weighted by molar-refractivity contribution is 0.0697. The fraction of sp³-hybridized carbons (Fsp3) is 0.0667. The minimum Gasteiger partial charge on any atom is -0.478 e. The van der Waals surface area contributed by atoms with Gasteiger partial charge in [0.05, 0.1) is 22.9 Å². The van der Waals surface area contributed by atoms with Crippen molar-refractivity contribution in [3.8, 4) is 0 Å². The Morgan fingerprint density at radius 2 is 2.15 bits per heavy atom. The zero-order chi connectivity index (χ0) is 13.9. The van der Waals surface area contributed by atoms with Crippen LogP contribution >= 0.6 is 0 Å². The summed E-state index contributed by atoms with van der Waals surface area (Å²) < 4.78 is 0. The van der Waals surface area contributed by atoms with E-state index in [1.165, 1.54) is 0 Å². The molecule has 5 heteroatoms. The Kier molecular flexibility index (Phi) is 3.09. The number of carboxylic acids is 1. The lowest BCUT2D eigenvalue weighted by Gasteiger charge is -2.07. The third-order valence-electron chi connectivity index (χ3n) is 3.09. The molecule has 3 N–H and O–H groups in total. The number of carbonyl (C=O) groups is 1. The first-order valence-corrected chi connectivity index (χ1v) is 6.21. The molecule has 20 heavy (non-hydrogen) atoms. The number of nitrogens with one attached hydrogen (secondary N) is 2. The van der Waals surface area contributed by atoms with Gasteiger partial charge in [0.2, 0.25) is 0 Å². The largest absolute Gasteiger partial charge is 0.478 e. The van der Waals surface area contributed by atoms with Crippen LogP contribution in [-0.2, 0) is 6.54 Å². The first-order valence-electron chi connectivity index (χ1n) is 6.21. The van der Waals surface area contributed by atoms with Gasteiger partial charge in [0.1, 0.15) is 0 Å². The van der Waals surface area contributed by atoms with Gasteiger partial charge < -0.3 is 15.4 Å². The molecule has 5 nitrogen and oxygen atoms in total. The van der Waals surface area contributed by atoms with E-state index in [0.29, 0.717) is 12.1 Å². The number of aromatic amines is 1. The first-order chi connectivity index (χ1) is 9.72. The molecule has 0 saturated heterocycles. The van der Waals surface area contributed by atoms with Crippen LogP contribution in [-0.4, -0.2) is 21.0 Å². The van der Waals surface area contributed by atoms with Crippen molar-refractivity contribution in [1.82, 2.24) is 9.97 Å². The summed E-state index contributed by atoms with van der Waals surface area (Å²) in [5.41, 5.74) is 4.07. The molecule has 0 amide bonds. The van der Waals surface area contributed by atoms with E-state index in [1.54, 1.807) is 24.5 Å². The highest BCUT2D eigenvalue weighted by molar-refractivity contribution is 5.87. The molecule has 0 aliphatic carbocycles. The SMILES string of the molecule is O=C(O)c1cccc(CNc2ccc3nc[nH]c3c2)c1. The molecule has 0 atom stereocenters. The van der Waals surface area contributed by atoms with Crippen molar-refractivity contribution in [2.45, 2.75) is 6.54 Å². The molecule has 0 spiro atoms. The Labute approximate surface area is 115 Å². The first kappa shape index (κ1) is 12.2. The number of aromatic carboxylic acids is 1. The van der Waals surface area contributed by atoms with Crippen LogP contribution in [0.5, 0.6) is 0 Å². The van der Waals surface area contributed by atoms with Crippen molar-refractivity contribution in [2.75, 3.05) is 5.32 Å². The lowest BCUT2D eigenvalue weighted by atomic mass is 10.1. The Hall–Kier alpha value is -2.82. The molecule has 0 aliphatic rings. The van der Waals surface area contributed by atoms with Crippen molar-refractivity contribution in [3.05, 3.63) is 59.9 Å². The van der Waals surface area contributed by atoms with E-state index in [1.807, 2.05) is 24.3 Å². The molecule has 1 heterocycles. The van der Waals surface area contributed by atoms with E-state index < -0.39 is 5.97 Å². The van der Waals surface area contributed by atoms with E-state index >= 15 is 0 Å². The standard InChI is InChI=1S/C15H13N3O2/c19-15(20)11-3-1-2-10(6-11)8-16-12-4-5-13-14(7-12)18-9-17-13/h1-7,9,16H,8H2,(H,17,18)(H,19,20). The molecular formula is C15H13N3O2. The molecule has 2 aromatic carbocycles. The average molecular weight is 267 g/mol. The van der Waals surface area contributed by atoms with Crippen molar-refractivity contribution >= 4 is 22.7 Å². The number of benzene rings is 2. The highest BCUT2D eigenvalue weighted by Gasteiger charge is 2.03. The van der Waals surface area contributed by atoms with Crippen molar-refractivity contribution in [1.29, 1.82) is 0 Å². The maximum atomic E-state index is 10.9. The van der Waals surface area contributed by atoms with Gasteiger partial charge in [-0.25, -0.2) is 9.78 Å². The predicted octanol–water partition coefficient (Wildman–Crippen LogP) is 2.87. The summed E-state index contributed by atoms with van der Waals surface area (Å²) in [7, 11) is 0. The van der Waals surface area contributed by atoms with E-state index in [-0.39, 0.29) is 0 Å². The summed E-state index contributed by atoms with van der Waals surface area (Å²) in [6.45, 7) is 0.570. The Morgan fingerprint density at radius 3 is 3.00 bits per heavy atom. The van der Waals surface area contributed by atoms with Crippen LogP contribution in [0, 0.1) is 0 Å². The number of rotatable bonds is 4. The summed E-state index contributed by atoms with van der Waals surface area (Å²) in [4.78, 5) is 18.1. The maximum Gasteiger partial charge on any atom is 0.335 e. The number of hydrogen-bond donors (Lipinski definition) is 3. The zero-order valence-corrected chi connectivity index (χ0v) is 10.6. The van der Waals surface area contributed by atoms with Crippen molar-refractivity contribution in [2.24, 2.45) is 0 Å². The van der Waals surface area contributed by atoms with Crippen LogP contribution in [0.2, 0.25) is 0 Å². The number of carboxylic acid groups (broad SMARTS) is 1. The van der Waals surface area contributed by atoms with Gasteiger partial charge in [0, 0.05) is 12.2 Å². The summed E-state index contributed by atoms with van der Waals surface area (Å²) >= 11 is 0. The highest BCUT2D eigenvalue weighted by atomic mass is 16.4. The van der Waals surface area contributed by atoms with E-state index in [0.717, 1.165) is 22.3 Å². The van der Waals surface area contributed by atoms with Crippen LogP contribution in [0.1, 0.15) is 15.9 Å². The molecule has 1 aromatic heterocycles. The Morgan fingerprint density at radius 1 is 1.25 bits per heavy atom. The van der Waals surface area contributed by atoms with Crippen LogP contribution in [0.4, 0.5) is 5.69 Å². The predicted molar refractivity (Wildman–Crippen MR) is 76.8 cm³/mol. The second kappa shape index (κ2) is 5.05. The smallest absolute Gasteiger partial charge is 0.335 e. The van der Waals surface area contributed by atoms with Gasteiger partial charge in [-0.05, 0) is 35.9 Å². The fourth-order valence-electron chi connectivity index (χ4n) is 2.06. The number of anilines is 1. The van der Waals surface area contributed by atoms with Gasteiger partial charge in [-0.15, -0.1) is 0 Å². The van der Waals surface area contributed by atoms with E-state index in [9.17, 15) is 4.79 Å². The summed E-state index contributed by atoms with van der Waals surface area (Å²) in [6, 6.07) is 12.8. The van der Waals surface area contributed by atoms with Gasteiger partial charge >= 0.3 is 5.97 Å². The molecule has 0 fully saturated rings. The summed E-state index contributed by atoms with van der Waals surface area (Å²) in [5, 5.41) is 12.2. The lowest BCUT2D eigenvalue weighted by Crippen LogP contribution is -2.02. The van der Waals surface area contributed by atoms with Gasteiger partial charge in [-0.2, -0.15) is 0 Å². The molecule has 3 rings (SSSR count).